The van der Waals surface area contributed by atoms with Crippen LogP contribution in [-0.2, 0) is 0 Å². The summed E-state index contributed by atoms with van der Waals surface area (Å²) in [6.07, 6.45) is 1.65. The zero-order chi connectivity index (χ0) is 19.3. The first kappa shape index (κ1) is 18.1. The Morgan fingerprint density at radius 2 is 1.54 bits per heavy atom. The van der Waals surface area contributed by atoms with Crippen LogP contribution in [0.4, 0.5) is 23.0 Å². The molecule has 0 amide bonds. The number of aromatic nitrogens is 2. The Labute approximate surface area is 166 Å². The molecule has 1 fully saturated rings. The lowest BCUT2D eigenvalue weighted by Crippen LogP contribution is -2.47. The van der Waals surface area contributed by atoms with Crippen molar-refractivity contribution in [3.63, 3.8) is 0 Å². The highest BCUT2D eigenvalue weighted by Gasteiger charge is 2.21. The van der Waals surface area contributed by atoms with Crippen molar-refractivity contribution in [1.29, 1.82) is 0 Å². The monoisotopic (exact) mass is 375 g/mol. The van der Waals surface area contributed by atoms with Crippen molar-refractivity contribution in [3.05, 3.63) is 67.0 Å². The quantitative estimate of drug-likeness (QED) is 0.679. The Bertz CT molecular complexity index is 910. The van der Waals surface area contributed by atoms with E-state index in [-0.39, 0.29) is 0 Å². The number of benzene rings is 2. The third-order valence-corrected chi connectivity index (χ3v) is 5.15. The number of para-hydroxylation sites is 3. The van der Waals surface area contributed by atoms with E-state index in [0.29, 0.717) is 0 Å². The highest BCUT2D eigenvalue weighted by molar-refractivity contribution is 5.63. The summed E-state index contributed by atoms with van der Waals surface area (Å²) in [6.45, 7) is 3.66. The largest absolute Gasteiger partial charge is 0.495 e. The summed E-state index contributed by atoms with van der Waals surface area (Å²) in [4.78, 5) is 15.7. The van der Waals surface area contributed by atoms with Crippen LogP contribution < -0.4 is 19.4 Å². The van der Waals surface area contributed by atoms with Gasteiger partial charge in [0, 0.05) is 45.0 Å². The average molecular weight is 375 g/mol. The first-order valence-corrected chi connectivity index (χ1v) is 9.50. The van der Waals surface area contributed by atoms with Gasteiger partial charge >= 0.3 is 0 Å². The van der Waals surface area contributed by atoms with Gasteiger partial charge in [0.25, 0.3) is 0 Å². The van der Waals surface area contributed by atoms with E-state index in [1.165, 1.54) is 0 Å². The molecule has 6 nitrogen and oxygen atoms in total. The van der Waals surface area contributed by atoms with Crippen molar-refractivity contribution >= 4 is 23.0 Å². The molecular formula is C22H25N5O. The Balaban J connectivity index is 1.47. The maximum Gasteiger partial charge on any atom is 0.142 e. The number of ether oxygens (including phenoxy) is 1. The molecule has 3 aromatic rings. The lowest BCUT2D eigenvalue weighted by Gasteiger charge is -2.37. The van der Waals surface area contributed by atoms with E-state index >= 15 is 0 Å². The lowest BCUT2D eigenvalue weighted by molar-refractivity contribution is 0.413. The summed E-state index contributed by atoms with van der Waals surface area (Å²) in [5.41, 5.74) is 2.25. The number of anilines is 4. The number of piperazine rings is 1. The minimum absolute atomic E-state index is 0.892. The molecule has 144 valence electrons. The maximum absolute atomic E-state index is 5.51. The number of hydrogen-bond donors (Lipinski definition) is 0. The molecule has 2 aromatic carbocycles. The molecule has 0 atom stereocenters. The molecule has 1 aromatic heterocycles. The zero-order valence-electron chi connectivity index (χ0n) is 16.3. The Hall–Kier alpha value is -3.28. The molecule has 0 bridgehead atoms. The van der Waals surface area contributed by atoms with Gasteiger partial charge in [-0.3, -0.25) is 0 Å². The van der Waals surface area contributed by atoms with Crippen LogP contribution in [0.1, 0.15) is 0 Å². The summed E-state index contributed by atoms with van der Waals surface area (Å²) in [5.74, 6) is 2.78. The van der Waals surface area contributed by atoms with E-state index in [1.54, 1.807) is 13.4 Å². The summed E-state index contributed by atoms with van der Waals surface area (Å²) < 4.78 is 5.51. The molecular weight excluding hydrogens is 350 g/mol. The van der Waals surface area contributed by atoms with E-state index in [1.807, 2.05) is 37.4 Å². The van der Waals surface area contributed by atoms with Crippen LogP contribution in [0, 0.1) is 0 Å². The standard InChI is InChI=1S/C22H25N5O/c1-25(18-8-4-3-5-9-18)21-16-22(24-17-23-21)27-14-12-26(13-15-27)19-10-6-7-11-20(19)28-2/h3-11,16-17H,12-15H2,1-2H3. The van der Waals surface area contributed by atoms with Gasteiger partial charge in [-0.25, -0.2) is 9.97 Å². The molecule has 0 radical (unpaired) electrons. The van der Waals surface area contributed by atoms with Crippen LogP contribution in [0.15, 0.2) is 67.0 Å². The molecule has 0 aliphatic carbocycles. The first-order valence-electron chi connectivity index (χ1n) is 9.50. The molecule has 1 aliphatic heterocycles. The molecule has 4 rings (SSSR count). The summed E-state index contributed by atoms with van der Waals surface area (Å²) >= 11 is 0. The van der Waals surface area contributed by atoms with Crippen LogP contribution in [0.2, 0.25) is 0 Å². The Morgan fingerprint density at radius 1 is 0.857 bits per heavy atom. The second-order valence-corrected chi connectivity index (χ2v) is 6.77. The number of methoxy groups -OCH3 is 1. The fraction of sp³-hybridized carbons (Fsp3) is 0.273. The Kier molecular flexibility index (Phi) is 5.28. The molecule has 6 heteroatoms. The lowest BCUT2D eigenvalue weighted by atomic mass is 10.2. The van der Waals surface area contributed by atoms with Crippen molar-refractivity contribution in [1.82, 2.24) is 9.97 Å². The first-order chi connectivity index (χ1) is 13.8. The molecule has 0 N–H and O–H groups in total. The molecule has 0 saturated carbocycles. The van der Waals surface area contributed by atoms with Crippen molar-refractivity contribution in [3.8, 4) is 5.75 Å². The Morgan fingerprint density at radius 3 is 2.29 bits per heavy atom. The minimum atomic E-state index is 0.892. The van der Waals surface area contributed by atoms with Crippen LogP contribution in [0.3, 0.4) is 0 Å². The SMILES string of the molecule is COc1ccccc1N1CCN(c2cc(N(C)c3ccccc3)ncn2)CC1. The highest BCUT2D eigenvalue weighted by atomic mass is 16.5. The van der Waals surface area contributed by atoms with Crippen molar-refractivity contribution in [2.24, 2.45) is 0 Å². The van der Waals surface area contributed by atoms with Gasteiger partial charge in [0.15, 0.2) is 0 Å². The van der Waals surface area contributed by atoms with Crippen LogP contribution in [-0.4, -0.2) is 50.3 Å². The minimum Gasteiger partial charge on any atom is -0.495 e. The van der Waals surface area contributed by atoms with E-state index in [9.17, 15) is 0 Å². The second-order valence-electron chi connectivity index (χ2n) is 6.77. The van der Waals surface area contributed by atoms with Crippen molar-refractivity contribution < 1.29 is 4.74 Å². The van der Waals surface area contributed by atoms with Gasteiger partial charge in [-0.05, 0) is 24.3 Å². The van der Waals surface area contributed by atoms with Gasteiger partial charge in [-0.2, -0.15) is 0 Å². The topological polar surface area (TPSA) is 44.7 Å². The number of hydrogen-bond acceptors (Lipinski definition) is 6. The molecule has 0 unspecified atom stereocenters. The van der Waals surface area contributed by atoms with Gasteiger partial charge in [0.05, 0.1) is 12.8 Å². The van der Waals surface area contributed by atoms with E-state index < -0.39 is 0 Å². The van der Waals surface area contributed by atoms with Gasteiger partial charge in [0.1, 0.15) is 23.7 Å². The molecule has 1 aliphatic rings. The summed E-state index contributed by atoms with van der Waals surface area (Å²) in [5, 5.41) is 0. The van der Waals surface area contributed by atoms with Gasteiger partial charge in [-0.15, -0.1) is 0 Å². The van der Waals surface area contributed by atoms with E-state index in [4.69, 9.17) is 4.74 Å². The van der Waals surface area contributed by atoms with Crippen molar-refractivity contribution in [2.45, 2.75) is 0 Å². The highest BCUT2D eigenvalue weighted by Crippen LogP contribution is 2.29. The maximum atomic E-state index is 5.51. The van der Waals surface area contributed by atoms with Crippen molar-refractivity contribution in [2.75, 3.05) is 55.0 Å². The van der Waals surface area contributed by atoms with Crippen LogP contribution in [0.25, 0.3) is 0 Å². The number of nitrogens with zero attached hydrogens (tertiary/aromatic N) is 5. The molecule has 28 heavy (non-hydrogen) atoms. The number of rotatable bonds is 5. The molecule has 0 spiro atoms. The second kappa shape index (κ2) is 8.17. The normalized spacial score (nSPS) is 14.1. The van der Waals surface area contributed by atoms with Gasteiger partial charge in [-0.1, -0.05) is 30.3 Å². The molecule has 1 saturated heterocycles. The fourth-order valence-corrected chi connectivity index (χ4v) is 3.54. The summed E-state index contributed by atoms with van der Waals surface area (Å²) in [6, 6.07) is 20.5. The van der Waals surface area contributed by atoms with Crippen LogP contribution >= 0.6 is 0 Å². The smallest absolute Gasteiger partial charge is 0.142 e. The summed E-state index contributed by atoms with van der Waals surface area (Å²) in [7, 11) is 3.75. The predicted octanol–water partition coefficient (Wildman–Crippen LogP) is 3.58. The molecule has 2 heterocycles. The zero-order valence-corrected chi connectivity index (χ0v) is 16.3. The van der Waals surface area contributed by atoms with E-state index in [0.717, 1.165) is 54.9 Å². The average Bonchev–Trinajstić information content (AvgIpc) is 2.79. The third kappa shape index (κ3) is 3.71. The van der Waals surface area contributed by atoms with Gasteiger partial charge < -0.3 is 19.4 Å². The van der Waals surface area contributed by atoms with E-state index in [2.05, 4.69) is 55.0 Å². The fourth-order valence-electron chi connectivity index (χ4n) is 3.54. The third-order valence-electron chi connectivity index (χ3n) is 5.15. The predicted molar refractivity (Wildman–Crippen MR) is 114 cm³/mol. The van der Waals surface area contributed by atoms with Gasteiger partial charge in [0.2, 0.25) is 0 Å². The van der Waals surface area contributed by atoms with Crippen LogP contribution in [0.5, 0.6) is 5.75 Å².